The van der Waals surface area contributed by atoms with Gasteiger partial charge in [-0.15, -0.1) is 11.8 Å². The Morgan fingerprint density at radius 3 is 2.79 bits per heavy atom. The molecule has 3 nitrogen and oxygen atoms in total. The van der Waals surface area contributed by atoms with E-state index in [0.717, 1.165) is 10.7 Å². The van der Waals surface area contributed by atoms with Crippen LogP contribution in [0.1, 0.15) is 13.8 Å². The fourth-order valence-corrected chi connectivity index (χ4v) is 1.88. The van der Waals surface area contributed by atoms with Crippen molar-refractivity contribution in [3.8, 4) is 0 Å². The van der Waals surface area contributed by atoms with Crippen molar-refractivity contribution in [2.24, 2.45) is 0 Å². The van der Waals surface area contributed by atoms with Gasteiger partial charge in [0, 0.05) is 23.4 Å². The Bertz CT molecular complexity index is 291. The molecule has 2 atom stereocenters. The number of rotatable bonds is 4. The van der Waals surface area contributed by atoms with Gasteiger partial charge in [-0.3, -0.25) is 0 Å². The highest BCUT2D eigenvalue weighted by Crippen LogP contribution is 2.26. The van der Waals surface area contributed by atoms with Gasteiger partial charge in [0.1, 0.15) is 5.82 Å². The number of hydrogen-bond acceptors (Lipinski definition) is 4. The van der Waals surface area contributed by atoms with E-state index in [-0.39, 0.29) is 11.4 Å². The Kier molecular flexibility index (Phi) is 4.22. The Hall–Kier alpha value is -0.740. The molecular weight excluding hydrogens is 196 g/mol. The summed E-state index contributed by atoms with van der Waals surface area (Å²) in [6.07, 6.45) is 1.47. The third-order valence-corrected chi connectivity index (χ3v) is 3.28. The van der Waals surface area contributed by atoms with Gasteiger partial charge >= 0.3 is 0 Å². The van der Waals surface area contributed by atoms with E-state index in [9.17, 15) is 5.11 Å². The maximum atomic E-state index is 9.36. The molecule has 0 amide bonds. The van der Waals surface area contributed by atoms with Gasteiger partial charge in [-0.1, -0.05) is 6.92 Å². The zero-order chi connectivity index (χ0) is 10.6. The third-order valence-electron chi connectivity index (χ3n) is 1.99. The van der Waals surface area contributed by atoms with Gasteiger partial charge in [-0.05, 0) is 19.1 Å². The summed E-state index contributed by atoms with van der Waals surface area (Å²) in [5.41, 5.74) is 0. The number of nitrogens with zero attached hydrogens (tertiary/aromatic N) is 1. The minimum absolute atomic E-state index is 0.196. The van der Waals surface area contributed by atoms with Crippen LogP contribution >= 0.6 is 11.8 Å². The molecule has 1 rings (SSSR count). The minimum atomic E-state index is -0.300. The van der Waals surface area contributed by atoms with Crippen molar-refractivity contribution in [2.75, 3.05) is 12.4 Å². The van der Waals surface area contributed by atoms with Gasteiger partial charge in [0.2, 0.25) is 0 Å². The highest BCUT2D eigenvalue weighted by molar-refractivity contribution is 8.00. The molecule has 0 radical (unpaired) electrons. The molecule has 1 aromatic rings. The smallest absolute Gasteiger partial charge is 0.126 e. The molecule has 0 spiro atoms. The average molecular weight is 212 g/mol. The largest absolute Gasteiger partial charge is 0.392 e. The van der Waals surface area contributed by atoms with Gasteiger partial charge in [0.25, 0.3) is 0 Å². The van der Waals surface area contributed by atoms with Crippen LogP contribution in [0.15, 0.2) is 23.2 Å². The van der Waals surface area contributed by atoms with Crippen LogP contribution in [0.25, 0.3) is 0 Å². The average Bonchev–Trinajstić information content (AvgIpc) is 2.18. The first-order valence-electron chi connectivity index (χ1n) is 4.62. The number of aliphatic hydroxyl groups excluding tert-OH is 1. The maximum Gasteiger partial charge on any atom is 0.126 e. The van der Waals surface area contributed by atoms with Crippen LogP contribution in [-0.2, 0) is 0 Å². The van der Waals surface area contributed by atoms with Crippen LogP contribution in [0.4, 0.5) is 5.82 Å². The second kappa shape index (κ2) is 5.22. The number of nitrogens with one attached hydrogen (secondary N) is 1. The van der Waals surface area contributed by atoms with Crippen molar-refractivity contribution < 1.29 is 5.11 Å². The molecule has 2 N–H and O–H groups in total. The fraction of sp³-hybridized carbons (Fsp3) is 0.500. The number of hydrogen-bond donors (Lipinski definition) is 2. The predicted molar refractivity (Wildman–Crippen MR) is 60.8 cm³/mol. The van der Waals surface area contributed by atoms with Crippen molar-refractivity contribution in [3.63, 3.8) is 0 Å². The van der Waals surface area contributed by atoms with Crippen molar-refractivity contribution in [2.45, 2.75) is 30.1 Å². The van der Waals surface area contributed by atoms with Crippen molar-refractivity contribution in [1.29, 1.82) is 0 Å². The van der Waals surface area contributed by atoms with E-state index in [1.165, 1.54) is 0 Å². The molecule has 0 bridgehead atoms. The topological polar surface area (TPSA) is 45.1 Å². The van der Waals surface area contributed by atoms with Gasteiger partial charge in [-0.25, -0.2) is 4.98 Å². The lowest BCUT2D eigenvalue weighted by molar-refractivity contribution is 0.196. The van der Waals surface area contributed by atoms with E-state index in [2.05, 4.69) is 10.3 Å². The summed E-state index contributed by atoms with van der Waals surface area (Å²) >= 11 is 1.65. The predicted octanol–water partition coefficient (Wildman–Crippen LogP) is 1.98. The monoisotopic (exact) mass is 212 g/mol. The number of anilines is 1. The molecule has 0 aromatic carbocycles. The summed E-state index contributed by atoms with van der Waals surface area (Å²) in [6, 6.07) is 3.92. The second-order valence-corrected chi connectivity index (χ2v) is 4.64. The first-order valence-corrected chi connectivity index (χ1v) is 5.50. The Balaban J connectivity index is 2.66. The quantitative estimate of drug-likeness (QED) is 0.749. The molecule has 0 fully saturated rings. The molecule has 1 aromatic heterocycles. The van der Waals surface area contributed by atoms with Crippen LogP contribution in [-0.4, -0.2) is 28.5 Å². The normalized spacial score (nSPS) is 14.9. The number of aromatic nitrogens is 1. The van der Waals surface area contributed by atoms with E-state index in [1.807, 2.05) is 26.1 Å². The van der Waals surface area contributed by atoms with Crippen LogP contribution < -0.4 is 5.32 Å². The molecule has 0 aliphatic rings. The molecule has 2 unspecified atom stereocenters. The molecule has 0 aliphatic carbocycles. The molecule has 1 heterocycles. The zero-order valence-electron chi connectivity index (χ0n) is 8.69. The summed E-state index contributed by atoms with van der Waals surface area (Å²) in [4.78, 5) is 5.25. The van der Waals surface area contributed by atoms with Gasteiger partial charge in [0.05, 0.1) is 6.10 Å². The minimum Gasteiger partial charge on any atom is -0.392 e. The Labute approximate surface area is 88.9 Å². The van der Waals surface area contributed by atoms with Crippen molar-refractivity contribution in [1.82, 2.24) is 4.98 Å². The Morgan fingerprint density at radius 1 is 1.50 bits per heavy atom. The zero-order valence-corrected chi connectivity index (χ0v) is 9.51. The molecule has 0 saturated heterocycles. The maximum absolute atomic E-state index is 9.36. The fourth-order valence-electron chi connectivity index (χ4n) is 0.934. The third kappa shape index (κ3) is 3.20. The van der Waals surface area contributed by atoms with Gasteiger partial charge < -0.3 is 10.4 Å². The summed E-state index contributed by atoms with van der Waals surface area (Å²) in [6.45, 7) is 3.81. The lowest BCUT2D eigenvalue weighted by atomic mass is 10.3. The van der Waals surface area contributed by atoms with Gasteiger partial charge in [0.15, 0.2) is 0 Å². The number of aliphatic hydroxyl groups is 1. The number of pyridine rings is 1. The van der Waals surface area contributed by atoms with Crippen molar-refractivity contribution in [3.05, 3.63) is 18.3 Å². The first-order chi connectivity index (χ1) is 6.63. The Morgan fingerprint density at radius 2 is 2.21 bits per heavy atom. The standard InChI is InChI=1S/C10H16N2OS/c1-7(13)8(2)14-9-4-5-12-10(6-9)11-3/h4-8,13H,1-3H3,(H,11,12). The van der Waals surface area contributed by atoms with Crippen LogP contribution in [0.2, 0.25) is 0 Å². The lowest BCUT2D eigenvalue weighted by Crippen LogP contribution is -2.14. The first kappa shape index (κ1) is 11.3. The van der Waals surface area contributed by atoms with E-state index < -0.39 is 0 Å². The highest BCUT2D eigenvalue weighted by atomic mass is 32.2. The molecular formula is C10H16N2OS. The number of thioether (sulfide) groups is 1. The summed E-state index contributed by atoms with van der Waals surface area (Å²) in [7, 11) is 1.84. The van der Waals surface area contributed by atoms with Crippen molar-refractivity contribution >= 4 is 17.6 Å². The SMILES string of the molecule is CNc1cc(SC(C)C(C)O)ccn1. The van der Waals surface area contributed by atoms with Crippen LogP contribution in [0, 0.1) is 0 Å². The molecule has 4 heteroatoms. The summed E-state index contributed by atoms with van der Waals surface area (Å²) in [5, 5.41) is 12.5. The van der Waals surface area contributed by atoms with Gasteiger partial charge in [-0.2, -0.15) is 0 Å². The van der Waals surface area contributed by atoms with E-state index in [1.54, 1.807) is 24.9 Å². The molecule has 0 saturated carbocycles. The molecule has 0 aliphatic heterocycles. The van der Waals surface area contributed by atoms with E-state index >= 15 is 0 Å². The lowest BCUT2D eigenvalue weighted by Gasteiger charge is -2.14. The second-order valence-electron chi connectivity index (χ2n) is 3.19. The highest BCUT2D eigenvalue weighted by Gasteiger charge is 2.10. The molecule has 78 valence electrons. The van der Waals surface area contributed by atoms with E-state index in [4.69, 9.17) is 0 Å². The summed E-state index contributed by atoms with van der Waals surface area (Å²) in [5.74, 6) is 0.854. The van der Waals surface area contributed by atoms with E-state index in [0.29, 0.717) is 0 Å². The summed E-state index contributed by atoms with van der Waals surface area (Å²) < 4.78 is 0. The van der Waals surface area contributed by atoms with Crippen LogP contribution in [0.5, 0.6) is 0 Å². The van der Waals surface area contributed by atoms with Crippen LogP contribution in [0.3, 0.4) is 0 Å². The molecule has 14 heavy (non-hydrogen) atoms.